The summed E-state index contributed by atoms with van der Waals surface area (Å²) in [6, 6.07) is 14.1. The topological polar surface area (TPSA) is 45.5 Å². The molecule has 1 aliphatic rings. The molecular weight excluding hydrogens is 276 g/mol. The number of hydrogen-bond acceptors (Lipinski definition) is 3. The minimum atomic E-state index is 0.0970. The van der Waals surface area contributed by atoms with E-state index in [2.05, 4.69) is 17.4 Å². The summed E-state index contributed by atoms with van der Waals surface area (Å²) in [6.45, 7) is 3.37. The normalized spacial score (nSPS) is 16.5. The predicted molar refractivity (Wildman–Crippen MR) is 85.7 cm³/mol. The molecule has 1 aliphatic heterocycles. The molecule has 1 N–H and O–H groups in total. The van der Waals surface area contributed by atoms with Gasteiger partial charge in [0.1, 0.15) is 5.76 Å². The van der Waals surface area contributed by atoms with E-state index in [1.54, 1.807) is 6.26 Å². The van der Waals surface area contributed by atoms with Gasteiger partial charge in [-0.2, -0.15) is 0 Å². The molecular formula is C18H22N2O2. The number of benzene rings is 1. The van der Waals surface area contributed by atoms with Gasteiger partial charge in [-0.15, -0.1) is 0 Å². The van der Waals surface area contributed by atoms with Crippen molar-refractivity contribution >= 4 is 5.91 Å². The Morgan fingerprint density at radius 3 is 2.59 bits per heavy atom. The highest BCUT2D eigenvalue weighted by atomic mass is 16.3. The van der Waals surface area contributed by atoms with Crippen molar-refractivity contribution in [3.63, 3.8) is 0 Å². The summed E-state index contributed by atoms with van der Waals surface area (Å²) in [5.41, 5.74) is 1.23. The fraction of sp³-hybridized carbons (Fsp3) is 0.389. The van der Waals surface area contributed by atoms with Gasteiger partial charge < -0.3 is 14.6 Å². The van der Waals surface area contributed by atoms with Crippen LogP contribution in [0.15, 0.2) is 53.1 Å². The van der Waals surface area contributed by atoms with Crippen LogP contribution >= 0.6 is 0 Å². The molecule has 4 nitrogen and oxygen atoms in total. The summed E-state index contributed by atoms with van der Waals surface area (Å²) in [4.78, 5) is 14.5. The molecule has 1 saturated heterocycles. The summed E-state index contributed by atoms with van der Waals surface area (Å²) in [5, 5.41) is 3.28. The highest BCUT2D eigenvalue weighted by molar-refractivity contribution is 5.77. The van der Waals surface area contributed by atoms with Crippen LogP contribution in [0.5, 0.6) is 0 Å². The molecule has 0 bridgehead atoms. The van der Waals surface area contributed by atoms with Crippen LogP contribution in [-0.2, 0) is 11.2 Å². The minimum absolute atomic E-state index is 0.0970. The molecule has 0 spiro atoms. The lowest BCUT2D eigenvalue weighted by Crippen LogP contribution is -2.46. The Kier molecular flexibility index (Phi) is 4.91. The van der Waals surface area contributed by atoms with E-state index in [9.17, 15) is 4.79 Å². The van der Waals surface area contributed by atoms with E-state index in [-0.39, 0.29) is 11.8 Å². The number of nitrogens with one attached hydrogen (secondary N) is 1. The van der Waals surface area contributed by atoms with E-state index >= 15 is 0 Å². The lowest BCUT2D eigenvalue weighted by atomic mass is 9.93. The van der Waals surface area contributed by atoms with Crippen molar-refractivity contribution in [3.8, 4) is 0 Å². The van der Waals surface area contributed by atoms with Crippen LogP contribution in [-0.4, -0.2) is 37.0 Å². The van der Waals surface area contributed by atoms with Gasteiger partial charge in [-0.25, -0.2) is 0 Å². The van der Waals surface area contributed by atoms with Crippen molar-refractivity contribution in [2.45, 2.75) is 18.8 Å². The van der Waals surface area contributed by atoms with Gasteiger partial charge in [-0.05, 0) is 24.1 Å². The Morgan fingerprint density at radius 2 is 1.91 bits per heavy atom. The molecule has 1 fully saturated rings. The van der Waals surface area contributed by atoms with Crippen LogP contribution in [0.2, 0.25) is 0 Å². The van der Waals surface area contributed by atoms with Crippen LogP contribution in [0.25, 0.3) is 0 Å². The first-order chi connectivity index (χ1) is 10.8. The fourth-order valence-corrected chi connectivity index (χ4v) is 2.95. The molecule has 0 saturated carbocycles. The highest BCUT2D eigenvalue weighted by Gasteiger charge is 2.23. The quantitative estimate of drug-likeness (QED) is 0.922. The van der Waals surface area contributed by atoms with Gasteiger partial charge >= 0.3 is 0 Å². The van der Waals surface area contributed by atoms with Gasteiger partial charge in [0.2, 0.25) is 5.91 Å². The first-order valence-electron chi connectivity index (χ1n) is 7.89. The number of carbonyl (C=O) groups excluding carboxylic acids is 1. The Bertz CT molecular complexity index is 574. The van der Waals surface area contributed by atoms with Crippen LogP contribution in [0.4, 0.5) is 0 Å². The largest absolute Gasteiger partial charge is 0.469 e. The third-order valence-electron chi connectivity index (χ3n) is 4.16. The molecule has 0 aliphatic carbocycles. The van der Waals surface area contributed by atoms with Crippen molar-refractivity contribution in [1.29, 1.82) is 0 Å². The monoisotopic (exact) mass is 298 g/mol. The standard InChI is InChI=1S/C18H22N2O2/c21-18(20-10-8-19-9-11-20)14-16(17-7-4-12-22-17)13-15-5-2-1-3-6-15/h1-7,12,16,19H,8-11,13-14H2/t16-/m0/s1. The van der Waals surface area contributed by atoms with Gasteiger partial charge in [0.05, 0.1) is 6.26 Å². The SMILES string of the molecule is O=C(C[C@H](Cc1ccccc1)c1ccco1)N1CCNCC1. The summed E-state index contributed by atoms with van der Waals surface area (Å²) >= 11 is 0. The average molecular weight is 298 g/mol. The molecule has 2 aromatic rings. The van der Waals surface area contributed by atoms with Crippen LogP contribution in [0.1, 0.15) is 23.7 Å². The number of hydrogen-bond donors (Lipinski definition) is 1. The molecule has 2 heterocycles. The van der Waals surface area contributed by atoms with Gasteiger partial charge in [0.25, 0.3) is 0 Å². The second-order valence-corrected chi connectivity index (χ2v) is 5.74. The maximum atomic E-state index is 12.6. The number of piperazine rings is 1. The third kappa shape index (κ3) is 3.77. The molecule has 3 rings (SSSR count). The lowest BCUT2D eigenvalue weighted by Gasteiger charge is -2.28. The zero-order valence-corrected chi connectivity index (χ0v) is 12.7. The van der Waals surface area contributed by atoms with E-state index in [0.29, 0.717) is 6.42 Å². The fourth-order valence-electron chi connectivity index (χ4n) is 2.95. The Balaban J connectivity index is 1.70. The molecule has 116 valence electrons. The zero-order chi connectivity index (χ0) is 15.2. The highest BCUT2D eigenvalue weighted by Crippen LogP contribution is 2.25. The third-order valence-corrected chi connectivity index (χ3v) is 4.16. The summed E-state index contributed by atoms with van der Waals surface area (Å²) in [5.74, 6) is 1.21. The lowest BCUT2D eigenvalue weighted by molar-refractivity contribution is -0.132. The second kappa shape index (κ2) is 7.27. The average Bonchev–Trinajstić information content (AvgIpc) is 3.10. The molecule has 0 radical (unpaired) electrons. The van der Waals surface area contributed by atoms with E-state index < -0.39 is 0 Å². The van der Waals surface area contributed by atoms with Crippen molar-refractivity contribution in [1.82, 2.24) is 10.2 Å². The maximum absolute atomic E-state index is 12.6. The zero-order valence-electron chi connectivity index (χ0n) is 12.7. The Hall–Kier alpha value is -2.07. The van der Waals surface area contributed by atoms with Crippen LogP contribution in [0.3, 0.4) is 0 Å². The minimum Gasteiger partial charge on any atom is -0.469 e. The van der Waals surface area contributed by atoms with Gasteiger partial charge in [0.15, 0.2) is 0 Å². The number of rotatable bonds is 5. The molecule has 1 atom stereocenters. The summed E-state index contributed by atoms with van der Waals surface area (Å²) in [6.07, 6.45) is 3.01. The number of furan rings is 1. The number of amides is 1. The van der Waals surface area contributed by atoms with E-state index in [4.69, 9.17) is 4.42 Å². The molecule has 22 heavy (non-hydrogen) atoms. The first kappa shape index (κ1) is 14.9. The number of carbonyl (C=O) groups is 1. The van der Waals surface area contributed by atoms with Gasteiger partial charge in [-0.1, -0.05) is 30.3 Å². The summed E-state index contributed by atoms with van der Waals surface area (Å²) in [7, 11) is 0. The molecule has 4 heteroatoms. The summed E-state index contributed by atoms with van der Waals surface area (Å²) < 4.78 is 5.57. The molecule has 1 aromatic heterocycles. The first-order valence-corrected chi connectivity index (χ1v) is 7.89. The van der Waals surface area contributed by atoms with E-state index in [0.717, 1.165) is 38.4 Å². The molecule has 1 amide bonds. The molecule has 0 unspecified atom stereocenters. The van der Waals surface area contributed by atoms with Gasteiger partial charge in [-0.3, -0.25) is 4.79 Å². The number of nitrogens with zero attached hydrogens (tertiary/aromatic N) is 1. The van der Waals surface area contributed by atoms with Crippen LogP contribution < -0.4 is 5.32 Å². The van der Waals surface area contributed by atoms with Crippen molar-refractivity contribution in [2.75, 3.05) is 26.2 Å². The van der Waals surface area contributed by atoms with Gasteiger partial charge in [0, 0.05) is 38.5 Å². The van der Waals surface area contributed by atoms with Crippen LogP contribution in [0, 0.1) is 0 Å². The smallest absolute Gasteiger partial charge is 0.223 e. The maximum Gasteiger partial charge on any atom is 0.223 e. The second-order valence-electron chi connectivity index (χ2n) is 5.74. The van der Waals surface area contributed by atoms with E-state index in [1.165, 1.54) is 5.56 Å². The predicted octanol–water partition coefficient (Wildman–Crippen LogP) is 2.43. The van der Waals surface area contributed by atoms with Crippen molar-refractivity contribution < 1.29 is 9.21 Å². The Labute approximate surface area is 131 Å². The van der Waals surface area contributed by atoms with Crippen molar-refractivity contribution in [3.05, 3.63) is 60.1 Å². The molecule has 1 aromatic carbocycles. The van der Waals surface area contributed by atoms with Crippen molar-refractivity contribution in [2.24, 2.45) is 0 Å². The van der Waals surface area contributed by atoms with E-state index in [1.807, 2.05) is 35.2 Å². The Morgan fingerprint density at radius 1 is 1.14 bits per heavy atom.